The van der Waals surface area contributed by atoms with Crippen LogP contribution in [0.1, 0.15) is 19.4 Å². The van der Waals surface area contributed by atoms with Crippen molar-refractivity contribution in [1.82, 2.24) is 0 Å². The zero-order valence-electron chi connectivity index (χ0n) is 7.91. The van der Waals surface area contributed by atoms with Crippen LogP contribution in [0.25, 0.3) is 0 Å². The minimum absolute atomic E-state index is 0.0261. The Morgan fingerprint density at radius 2 is 1.93 bits per heavy atom. The Labute approximate surface area is 86.9 Å². The zero-order valence-corrected chi connectivity index (χ0v) is 8.67. The van der Waals surface area contributed by atoms with Gasteiger partial charge in [0.05, 0.1) is 5.41 Å². The topological polar surface area (TPSA) is 57.5 Å². The van der Waals surface area contributed by atoms with Crippen molar-refractivity contribution in [3.63, 3.8) is 0 Å². The van der Waals surface area contributed by atoms with E-state index in [1.165, 1.54) is 18.2 Å². The van der Waals surface area contributed by atoms with Gasteiger partial charge in [0.25, 0.3) is 0 Å². The molecule has 3 nitrogen and oxygen atoms in total. The fourth-order valence-electron chi connectivity index (χ4n) is 1.06. The summed E-state index contributed by atoms with van der Waals surface area (Å²) in [4.78, 5) is 10.9. The number of carbonyl (C=O) groups is 1. The van der Waals surface area contributed by atoms with E-state index >= 15 is 0 Å². The largest absolute Gasteiger partial charge is 0.508 e. The number of hydrogen-bond donors (Lipinski definition) is 2. The Balaban J connectivity index is 3.25. The summed E-state index contributed by atoms with van der Waals surface area (Å²) < 4.78 is 0. The van der Waals surface area contributed by atoms with E-state index in [1.54, 1.807) is 13.8 Å². The first-order valence-corrected chi connectivity index (χ1v) is 4.45. The quantitative estimate of drug-likeness (QED) is 0.795. The Hall–Kier alpha value is -1.22. The summed E-state index contributed by atoms with van der Waals surface area (Å²) in [6.07, 6.45) is 0. The lowest BCUT2D eigenvalue weighted by Gasteiger charge is -2.19. The second-order valence-electron chi connectivity index (χ2n) is 3.63. The molecule has 0 fully saturated rings. The number of carboxylic acids is 1. The molecule has 0 aliphatic rings. The van der Waals surface area contributed by atoms with Crippen LogP contribution in [0, 0.1) is 0 Å². The highest BCUT2D eigenvalue weighted by atomic mass is 35.5. The van der Waals surface area contributed by atoms with Gasteiger partial charge in [0, 0.05) is 5.02 Å². The minimum atomic E-state index is -1.05. The zero-order chi connectivity index (χ0) is 10.9. The van der Waals surface area contributed by atoms with Crippen LogP contribution >= 0.6 is 11.6 Å². The van der Waals surface area contributed by atoms with E-state index in [0.29, 0.717) is 10.6 Å². The first-order chi connectivity index (χ1) is 6.34. The van der Waals surface area contributed by atoms with Crippen LogP contribution in [0.3, 0.4) is 0 Å². The number of benzene rings is 1. The number of phenols is 1. The normalized spacial score (nSPS) is 11.4. The Morgan fingerprint density at radius 1 is 1.36 bits per heavy atom. The molecule has 76 valence electrons. The van der Waals surface area contributed by atoms with E-state index in [-0.39, 0.29) is 5.75 Å². The third-order valence-corrected chi connectivity index (χ3v) is 2.36. The van der Waals surface area contributed by atoms with Crippen molar-refractivity contribution in [3.8, 4) is 5.75 Å². The second kappa shape index (κ2) is 3.50. The predicted molar refractivity (Wildman–Crippen MR) is 53.8 cm³/mol. The third-order valence-electron chi connectivity index (χ3n) is 2.14. The standard InChI is InChI=1S/C10H11ClO3/c1-10(2,9(13)14)6-3-7(11)5-8(12)4-6/h3-5,12H,1-2H3,(H,13,14). The average molecular weight is 215 g/mol. The molecule has 0 heterocycles. The van der Waals surface area contributed by atoms with E-state index in [2.05, 4.69) is 0 Å². The van der Waals surface area contributed by atoms with Gasteiger partial charge < -0.3 is 10.2 Å². The predicted octanol–water partition coefficient (Wildman–Crippen LogP) is 2.41. The van der Waals surface area contributed by atoms with Gasteiger partial charge in [-0.3, -0.25) is 4.79 Å². The van der Waals surface area contributed by atoms with Crippen LogP contribution in [-0.4, -0.2) is 16.2 Å². The highest BCUT2D eigenvalue weighted by Gasteiger charge is 2.29. The molecule has 0 spiro atoms. The molecule has 1 aromatic carbocycles. The molecule has 2 N–H and O–H groups in total. The van der Waals surface area contributed by atoms with Crippen LogP contribution in [0.5, 0.6) is 5.75 Å². The van der Waals surface area contributed by atoms with E-state index in [9.17, 15) is 9.90 Å². The van der Waals surface area contributed by atoms with Crippen LogP contribution < -0.4 is 0 Å². The van der Waals surface area contributed by atoms with Gasteiger partial charge in [0.15, 0.2) is 0 Å². The molecule has 0 radical (unpaired) electrons. The van der Waals surface area contributed by atoms with Crippen molar-refractivity contribution < 1.29 is 15.0 Å². The summed E-state index contributed by atoms with van der Waals surface area (Å²) in [5.41, 5.74) is -0.572. The lowest BCUT2D eigenvalue weighted by Crippen LogP contribution is -2.28. The van der Waals surface area contributed by atoms with E-state index in [0.717, 1.165) is 0 Å². The molecular weight excluding hydrogens is 204 g/mol. The molecule has 0 unspecified atom stereocenters. The van der Waals surface area contributed by atoms with Crippen molar-refractivity contribution in [2.75, 3.05) is 0 Å². The Bertz CT molecular complexity index is 351. The molecule has 0 saturated carbocycles. The van der Waals surface area contributed by atoms with Gasteiger partial charge >= 0.3 is 5.97 Å². The monoisotopic (exact) mass is 214 g/mol. The molecule has 0 aliphatic heterocycles. The summed E-state index contributed by atoms with van der Waals surface area (Å²) in [6.45, 7) is 3.11. The average Bonchev–Trinajstić information content (AvgIpc) is 2.01. The summed E-state index contributed by atoms with van der Waals surface area (Å²) in [6, 6.07) is 4.30. The summed E-state index contributed by atoms with van der Waals surface area (Å²) in [7, 11) is 0. The van der Waals surface area contributed by atoms with Crippen LogP contribution in [0.2, 0.25) is 5.02 Å². The first-order valence-electron chi connectivity index (χ1n) is 4.07. The Kier molecular flexibility index (Phi) is 2.71. The molecular formula is C10H11ClO3. The second-order valence-corrected chi connectivity index (χ2v) is 4.06. The first kappa shape index (κ1) is 10.9. The van der Waals surface area contributed by atoms with Gasteiger partial charge in [-0.05, 0) is 37.6 Å². The smallest absolute Gasteiger partial charge is 0.313 e. The van der Waals surface area contributed by atoms with E-state index < -0.39 is 11.4 Å². The van der Waals surface area contributed by atoms with Crippen molar-refractivity contribution >= 4 is 17.6 Å². The lowest BCUT2D eigenvalue weighted by atomic mass is 9.85. The number of rotatable bonds is 2. The summed E-state index contributed by atoms with van der Waals surface area (Å²) in [5.74, 6) is -0.985. The summed E-state index contributed by atoms with van der Waals surface area (Å²) >= 11 is 5.71. The third kappa shape index (κ3) is 1.99. The van der Waals surface area contributed by atoms with Crippen molar-refractivity contribution in [1.29, 1.82) is 0 Å². The molecule has 14 heavy (non-hydrogen) atoms. The van der Waals surface area contributed by atoms with Crippen LogP contribution in [0.4, 0.5) is 0 Å². The van der Waals surface area contributed by atoms with Gasteiger partial charge in [-0.2, -0.15) is 0 Å². The lowest BCUT2D eigenvalue weighted by molar-refractivity contribution is -0.142. The number of aromatic hydroxyl groups is 1. The minimum Gasteiger partial charge on any atom is -0.508 e. The number of phenolic OH excluding ortho intramolecular Hbond substituents is 1. The maximum atomic E-state index is 10.9. The van der Waals surface area contributed by atoms with Crippen molar-refractivity contribution in [3.05, 3.63) is 28.8 Å². The SMILES string of the molecule is CC(C)(C(=O)O)c1cc(O)cc(Cl)c1. The van der Waals surface area contributed by atoms with Gasteiger partial charge in [0.1, 0.15) is 5.75 Å². The molecule has 0 bridgehead atoms. The number of halogens is 1. The molecule has 0 atom stereocenters. The molecule has 4 heteroatoms. The molecule has 1 aromatic rings. The fraction of sp³-hybridized carbons (Fsp3) is 0.300. The maximum absolute atomic E-state index is 10.9. The number of carboxylic acid groups (broad SMARTS) is 1. The highest BCUT2D eigenvalue weighted by molar-refractivity contribution is 6.30. The fourth-order valence-corrected chi connectivity index (χ4v) is 1.29. The van der Waals surface area contributed by atoms with Crippen molar-refractivity contribution in [2.24, 2.45) is 0 Å². The Morgan fingerprint density at radius 3 is 2.36 bits per heavy atom. The van der Waals surface area contributed by atoms with Crippen LogP contribution in [0.15, 0.2) is 18.2 Å². The van der Waals surface area contributed by atoms with Crippen molar-refractivity contribution in [2.45, 2.75) is 19.3 Å². The van der Waals surface area contributed by atoms with Gasteiger partial charge in [-0.1, -0.05) is 11.6 Å². The molecule has 0 aromatic heterocycles. The molecule has 0 amide bonds. The number of aliphatic carboxylic acids is 1. The highest BCUT2D eigenvalue weighted by Crippen LogP contribution is 2.29. The van der Waals surface area contributed by atoms with Gasteiger partial charge in [-0.15, -0.1) is 0 Å². The maximum Gasteiger partial charge on any atom is 0.313 e. The van der Waals surface area contributed by atoms with Crippen LogP contribution in [-0.2, 0) is 10.2 Å². The summed E-state index contributed by atoms with van der Waals surface area (Å²) in [5, 5.41) is 18.5. The van der Waals surface area contributed by atoms with E-state index in [1.807, 2.05) is 0 Å². The van der Waals surface area contributed by atoms with Gasteiger partial charge in [-0.25, -0.2) is 0 Å². The van der Waals surface area contributed by atoms with E-state index in [4.69, 9.17) is 16.7 Å². The molecule has 0 saturated heterocycles. The number of hydrogen-bond acceptors (Lipinski definition) is 2. The molecule has 1 rings (SSSR count). The molecule has 0 aliphatic carbocycles. The van der Waals surface area contributed by atoms with Gasteiger partial charge in [0.2, 0.25) is 0 Å².